The van der Waals surface area contributed by atoms with Gasteiger partial charge in [-0.15, -0.1) is 0 Å². The van der Waals surface area contributed by atoms with Gasteiger partial charge in [0, 0.05) is 18.5 Å². The Hall–Kier alpha value is -1.43. The Morgan fingerprint density at radius 1 is 1.35 bits per heavy atom. The number of fused-ring (bicyclic) bond motifs is 1. The van der Waals surface area contributed by atoms with E-state index in [0.717, 1.165) is 35.1 Å². The Balaban J connectivity index is 2.06. The Bertz CT molecular complexity index is 553. The molecule has 1 atom stereocenters. The maximum atomic E-state index is 10.4. The molecule has 0 saturated heterocycles. The minimum absolute atomic E-state index is 0.157. The number of aromatic amines is 1. The summed E-state index contributed by atoms with van der Waals surface area (Å²) in [7, 11) is 0. The molecule has 110 valence electrons. The van der Waals surface area contributed by atoms with Crippen molar-refractivity contribution in [2.75, 3.05) is 26.2 Å². The second kappa shape index (κ2) is 6.83. The van der Waals surface area contributed by atoms with Crippen molar-refractivity contribution in [1.82, 2.24) is 15.1 Å². The van der Waals surface area contributed by atoms with E-state index in [9.17, 15) is 5.11 Å². The van der Waals surface area contributed by atoms with Crippen LogP contribution >= 0.6 is 0 Å². The topological polar surface area (TPSA) is 72.4 Å². The van der Waals surface area contributed by atoms with Crippen LogP contribution in [0.25, 0.3) is 10.9 Å². The van der Waals surface area contributed by atoms with Gasteiger partial charge in [0.05, 0.1) is 24.4 Å². The molecule has 0 aliphatic carbocycles. The monoisotopic (exact) mass is 277 g/mol. The molecule has 1 heterocycles. The van der Waals surface area contributed by atoms with Gasteiger partial charge in [0.25, 0.3) is 0 Å². The third-order valence-electron chi connectivity index (χ3n) is 3.77. The molecule has 0 spiro atoms. The molecule has 0 aliphatic rings. The van der Waals surface area contributed by atoms with Crippen molar-refractivity contribution >= 4 is 10.9 Å². The van der Waals surface area contributed by atoms with Gasteiger partial charge in [-0.3, -0.25) is 5.10 Å². The summed E-state index contributed by atoms with van der Waals surface area (Å²) in [6, 6.07) is 4.02. The molecular formula is C15H23N3O2. The summed E-state index contributed by atoms with van der Waals surface area (Å²) in [5.74, 6) is 0. The summed E-state index contributed by atoms with van der Waals surface area (Å²) in [6.07, 6.45) is 1.95. The number of likely N-dealkylation sites (N-methyl/N-ethyl adjacent to an activating group) is 1. The van der Waals surface area contributed by atoms with Gasteiger partial charge in [-0.25, -0.2) is 0 Å². The molecule has 0 radical (unpaired) electrons. The SMILES string of the molecule is CCN(CCO)CCC(O)c1cc2cn[nH]c2cc1C. The molecule has 3 N–H and O–H groups in total. The summed E-state index contributed by atoms with van der Waals surface area (Å²) < 4.78 is 0. The first-order valence-corrected chi connectivity index (χ1v) is 7.10. The molecule has 2 rings (SSSR count). The molecular weight excluding hydrogens is 254 g/mol. The summed E-state index contributed by atoms with van der Waals surface area (Å²) >= 11 is 0. The van der Waals surface area contributed by atoms with Crippen molar-refractivity contribution in [1.29, 1.82) is 0 Å². The first-order valence-electron chi connectivity index (χ1n) is 7.10. The van der Waals surface area contributed by atoms with Crippen LogP contribution in [0, 0.1) is 6.92 Å². The van der Waals surface area contributed by atoms with Crippen LogP contribution in [0.5, 0.6) is 0 Å². The predicted molar refractivity (Wildman–Crippen MR) is 79.6 cm³/mol. The first-order chi connectivity index (χ1) is 9.65. The fourth-order valence-electron chi connectivity index (χ4n) is 2.51. The highest BCUT2D eigenvalue weighted by molar-refractivity contribution is 5.79. The normalized spacial score (nSPS) is 13.2. The van der Waals surface area contributed by atoms with Gasteiger partial charge in [-0.1, -0.05) is 6.92 Å². The van der Waals surface area contributed by atoms with Crippen LogP contribution in [0.3, 0.4) is 0 Å². The lowest BCUT2D eigenvalue weighted by Crippen LogP contribution is -2.28. The molecule has 0 amide bonds. The van der Waals surface area contributed by atoms with E-state index >= 15 is 0 Å². The summed E-state index contributed by atoms with van der Waals surface area (Å²) in [5, 5.41) is 27.3. The van der Waals surface area contributed by atoms with Crippen molar-refractivity contribution in [3.63, 3.8) is 0 Å². The molecule has 1 aromatic heterocycles. The molecule has 5 heteroatoms. The average Bonchev–Trinajstić information content (AvgIpc) is 2.89. The van der Waals surface area contributed by atoms with Gasteiger partial charge in [-0.2, -0.15) is 5.10 Å². The number of nitrogens with one attached hydrogen (secondary N) is 1. The maximum Gasteiger partial charge on any atom is 0.0805 e. The Kier molecular flexibility index (Phi) is 5.11. The predicted octanol–water partition coefficient (Wildman–Crippen LogP) is 1.61. The number of H-pyrrole nitrogens is 1. The number of benzene rings is 1. The fourth-order valence-corrected chi connectivity index (χ4v) is 2.51. The number of aryl methyl sites for hydroxylation is 1. The largest absolute Gasteiger partial charge is 0.395 e. The third-order valence-corrected chi connectivity index (χ3v) is 3.77. The van der Waals surface area contributed by atoms with Crippen LogP contribution in [0.2, 0.25) is 0 Å². The van der Waals surface area contributed by atoms with Crippen molar-refractivity contribution in [3.05, 3.63) is 29.5 Å². The maximum absolute atomic E-state index is 10.4. The Morgan fingerprint density at radius 2 is 2.15 bits per heavy atom. The smallest absolute Gasteiger partial charge is 0.0805 e. The van der Waals surface area contributed by atoms with Gasteiger partial charge < -0.3 is 15.1 Å². The van der Waals surface area contributed by atoms with E-state index in [-0.39, 0.29) is 6.61 Å². The van der Waals surface area contributed by atoms with E-state index in [4.69, 9.17) is 5.11 Å². The minimum atomic E-state index is -0.484. The van der Waals surface area contributed by atoms with Gasteiger partial charge in [0.1, 0.15) is 0 Å². The molecule has 0 fully saturated rings. The zero-order valence-electron chi connectivity index (χ0n) is 12.1. The number of aromatic nitrogens is 2. The van der Waals surface area contributed by atoms with Crippen molar-refractivity contribution in [2.45, 2.75) is 26.4 Å². The molecule has 1 unspecified atom stereocenters. The van der Waals surface area contributed by atoms with Crippen LogP contribution < -0.4 is 0 Å². The second-order valence-electron chi connectivity index (χ2n) is 5.13. The average molecular weight is 277 g/mol. The van der Waals surface area contributed by atoms with Gasteiger partial charge in [0.15, 0.2) is 0 Å². The first kappa shape index (κ1) is 15.0. The Labute approximate surface area is 119 Å². The number of aliphatic hydroxyl groups excluding tert-OH is 2. The van der Waals surface area contributed by atoms with Crippen molar-refractivity contribution in [2.24, 2.45) is 0 Å². The molecule has 20 heavy (non-hydrogen) atoms. The lowest BCUT2D eigenvalue weighted by molar-refractivity contribution is 0.133. The number of aliphatic hydroxyl groups is 2. The van der Waals surface area contributed by atoms with E-state index < -0.39 is 6.10 Å². The summed E-state index contributed by atoms with van der Waals surface area (Å²) in [5.41, 5.74) is 3.02. The highest BCUT2D eigenvalue weighted by atomic mass is 16.3. The van der Waals surface area contributed by atoms with E-state index in [1.54, 1.807) is 6.20 Å². The van der Waals surface area contributed by atoms with E-state index in [1.165, 1.54) is 0 Å². The lowest BCUT2D eigenvalue weighted by Gasteiger charge is -2.21. The summed E-state index contributed by atoms with van der Waals surface area (Å²) in [4.78, 5) is 2.13. The number of hydrogen-bond donors (Lipinski definition) is 3. The van der Waals surface area contributed by atoms with Crippen LogP contribution in [0.15, 0.2) is 18.3 Å². The highest BCUT2D eigenvalue weighted by Crippen LogP contribution is 2.25. The molecule has 0 aliphatic heterocycles. The van der Waals surface area contributed by atoms with Crippen molar-refractivity contribution < 1.29 is 10.2 Å². The van der Waals surface area contributed by atoms with E-state index in [2.05, 4.69) is 22.0 Å². The fraction of sp³-hybridized carbons (Fsp3) is 0.533. The Morgan fingerprint density at radius 3 is 2.85 bits per heavy atom. The summed E-state index contributed by atoms with van der Waals surface area (Å²) in [6.45, 7) is 6.54. The van der Waals surface area contributed by atoms with Crippen molar-refractivity contribution in [3.8, 4) is 0 Å². The number of hydrogen-bond acceptors (Lipinski definition) is 4. The van der Waals surface area contributed by atoms with E-state index in [1.807, 2.05) is 19.1 Å². The van der Waals surface area contributed by atoms with Gasteiger partial charge in [0.2, 0.25) is 0 Å². The van der Waals surface area contributed by atoms with Crippen LogP contribution in [-0.4, -0.2) is 51.6 Å². The van der Waals surface area contributed by atoms with Gasteiger partial charge >= 0.3 is 0 Å². The van der Waals surface area contributed by atoms with Crippen LogP contribution in [-0.2, 0) is 0 Å². The number of nitrogens with zero attached hydrogens (tertiary/aromatic N) is 2. The standard InChI is InChI=1S/C15H23N3O2/c1-3-18(6-7-19)5-4-15(20)13-9-12-10-16-17-14(12)8-11(13)2/h8-10,15,19-20H,3-7H2,1-2H3,(H,16,17). The zero-order valence-corrected chi connectivity index (χ0v) is 12.1. The molecule has 5 nitrogen and oxygen atoms in total. The number of rotatable bonds is 7. The zero-order chi connectivity index (χ0) is 14.5. The highest BCUT2D eigenvalue weighted by Gasteiger charge is 2.13. The van der Waals surface area contributed by atoms with Crippen LogP contribution in [0.1, 0.15) is 30.6 Å². The third kappa shape index (κ3) is 3.36. The van der Waals surface area contributed by atoms with Crippen LogP contribution in [0.4, 0.5) is 0 Å². The molecule has 2 aromatic rings. The van der Waals surface area contributed by atoms with Gasteiger partial charge in [-0.05, 0) is 43.1 Å². The quantitative estimate of drug-likeness (QED) is 0.719. The molecule has 0 bridgehead atoms. The second-order valence-corrected chi connectivity index (χ2v) is 5.13. The van der Waals surface area contributed by atoms with E-state index in [0.29, 0.717) is 13.0 Å². The molecule has 1 aromatic carbocycles. The lowest BCUT2D eigenvalue weighted by atomic mass is 9.99. The minimum Gasteiger partial charge on any atom is -0.395 e. The molecule has 0 saturated carbocycles.